The van der Waals surface area contributed by atoms with Gasteiger partial charge >= 0.3 is 6.18 Å². The van der Waals surface area contributed by atoms with Gasteiger partial charge in [-0.2, -0.15) is 13.2 Å². The van der Waals surface area contributed by atoms with Gasteiger partial charge in [-0.25, -0.2) is 4.39 Å². The maximum Gasteiger partial charge on any atom is 0.419 e. The van der Waals surface area contributed by atoms with Crippen LogP contribution in [0.15, 0.2) is 18.2 Å². The second-order valence-electron chi connectivity index (χ2n) is 5.00. The van der Waals surface area contributed by atoms with E-state index in [2.05, 4.69) is 10.2 Å². The quantitative estimate of drug-likeness (QED) is 0.867. The Hall–Kier alpha value is -1.63. The van der Waals surface area contributed by atoms with Gasteiger partial charge in [0, 0.05) is 18.7 Å². The van der Waals surface area contributed by atoms with Crippen molar-refractivity contribution >= 4 is 5.91 Å². The van der Waals surface area contributed by atoms with Crippen molar-refractivity contribution in [1.82, 2.24) is 10.2 Å². The van der Waals surface area contributed by atoms with Crippen LogP contribution in [0.2, 0.25) is 0 Å². The highest BCUT2D eigenvalue weighted by Crippen LogP contribution is 2.31. The summed E-state index contributed by atoms with van der Waals surface area (Å²) in [5.74, 6) is -2.00. The van der Waals surface area contributed by atoms with Crippen LogP contribution >= 0.6 is 0 Å². The summed E-state index contributed by atoms with van der Waals surface area (Å²) >= 11 is 0. The predicted octanol–water partition coefficient (Wildman–Crippen LogP) is 2.67. The second-order valence-corrected chi connectivity index (χ2v) is 5.00. The molecular formula is C14H16F4N2O. The molecule has 0 aliphatic carbocycles. The molecule has 1 N–H and O–H groups in total. The SMILES string of the molecule is O=C(NCCN1CCCC1)c1ccc(F)c(C(F)(F)F)c1. The fourth-order valence-corrected chi connectivity index (χ4v) is 2.32. The Labute approximate surface area is 119 Å². The summed E-state index contributed by atoms with van der Waals surface area (Å²) in [6, 6.07) is 2.26. The summed E-state index contributed by atoms with van der Waals surface area (Å²) in [6.45, 7) is 2.98. The molecule has 1 aromatic rings. The smallest absolute Gasteiger partial charge is 0.351 e. The van der Waals surface area contributed by atoms with Crippen LogP contribution in [0.25, 0.3) is 0 Å². The van der Waals surface area contributed by atoms with Gasteiger partial charge in [0.1, 0.15) is 5.82 Å². The lowest BCUT2D eigenvalue weighted by atomic mass is 10.1. The standard InChI is InChI=1S/C14H16F4N2O/c15-12-4-3-10(9-11(12)14(16,17)18)13(21)19-5-8-20-6-1-2-7-20/h3-4,9H,1-2,5-8H2,(H,19,21). The van der Waals surface area contributed by atoms with E-state index in [0.717, 1.165) is 32.0 Å². The first-order valence-corrected chi connectivity index (χ1v) is 6.75. The number of amides is 1. The number of hydrogen-bond donors (Lipinski definition) is 1. The molecule has 1 fully saturated rings. The van der Waals surface area contributed by atoms with E-state index in [-0.39, 0.29) is 5.56 Å². The van der Waals surface area contributed by atoms with Crippen molar-refractivity contribution in [2.75, 3.05) is 26.2 Å². The number of nitrogens with one attached hydrogen (secondary N) is 1. The zero-order valence-electron chi connectivity index (χ0n) is 11.3. The molecule has 0 aromatic heterocycles. The van der Waals surface area contributed by atoms with E-state index < -0.39 is 23.5 Å². The maximum atomic E-state index is 13.1. The number of likely N-dealkylation sites (tertiary alicyclic amines) is 1. The molecule has 0 spiro atoms. The van der Waals surface area contributed by atoms with Gasteiger partial charge in [-0.05, 0) is 44.1 Å². The fourth-order valence-electron chi connectivity index (χ4n) is 2.32. The lowest BCUT2D eigenvalue weighted by Crippen LogP contribution is -2.33. The molecule has 0 radical (unpaired) electrons. The van der Waals surface area contributed by atoms with Crippen LogP contribution in [0.1, 0.15) is 28.8 Å². The van der Waals surface area contributed by atoms with Crippen molar-refractivity contribution in [3.05, 3.63) is 35.1 Å². The minimum Gasteiger partial charge on any atom is -0.351 e. The molecule has 2 rings (SSSR count). The number of carbonyl (C=O) groups is 1. The molecule has 0 bridgehead atoms. The minimum absolute atomic E-state index is 0.190. The van der Waals surface area contributed by atoms with Crippen LogP contribution < -0.4 is 5.32 Å². The van der Waals surface area contributed by atoms with Crippen molar-refractivity contribution in [1.29, 1.82) is 0 Å². The molecule has 0 atom stereocenters. The lowest BCUT2D eigenvalue weighted by Gasteiger charge is -2.15. The maximum absolute atomic E-state index is 13.1. The van der Waals surface area contributed by atoms with Gasteiger partial charge in [0.15, 0.2) is 0 Å². The summed E-state index contributed by atoms with van der Waals surface area (Å²) in [5, 5.41) is 2.55. The average molecular weight is 304 g/mol. The van der Waals surface area contributed by atoms with Gasteiger partial charge in [-0.15, -0.1) is 0 Å². The zero-order valence-corrected chi connectivity index (χ0v) is 11.3. The molecular weight excluding hydrogens is 288 g/mol. The highest BCUT2D eigenvalue weighted by atomic mass is 19.4. The van der Waals surface area contributed by atoms with E-state index in [1.807, 2.05) is 0 Å². The van der Waals surface area contributed by atoms with Crippen molar-refractivity contribution in [2.45, 2.75) is 19.0 Å². The number of hydrogen-bond acceptors (Lipinski definition) is 2. The molecule has 0 unspecified atom stereocenters. The summed E-state index contributed by atoms with van der Waals surface area (Å²) in [6.07, 6.45) is -2.56. The van der Waals surface area contributed by atoms with Gasteiger partial charge in [0.25, 0.3) is 5.91 Å². The van der Waals surface area contributed by atoms with Crippen LogP contribution in [0.3, 0.4) is 0 Å². The van der Waals surface area contributed by atoms with E-state index in [1.54, 1.807) is 0 Å². The third-order valence-corrected chi connectivity index (χ3v) is 3.45. The Bertz CT molecular complexity index is 510. The van der Waals surface area contributed by atoms with Gasteiger partial charge in [0.05, 0.1) is 5.56 Å². The van der Waals surface area contributed by atoms with Gasteiger partial charge in [-0.3, -0.25) is 4.79 Å². The largest absolute Gasteiger partial charge is 0.419 e. The number of rotatable bonds is 4. The molecule has 0 saturated carbocycles. The van der Waals surface area contributed by atoms with Crippen LogP contribution in [0.4, 0.5) is 17.6 Å². The van der Waals surface area contributed by atoms with Gasteiger partial charge < -0.3 is 10.2 Å². The van der Waals surface area contributed by atoms with E-state index in [0.29, 0.717) is 25.2 Å². The summed E-state index contributed by atoms with van der Waals surface area (Å²) in [5.41, 5.74) is -1.61. The molecule has 1 amide bonds. The minimum atomic E-state index is -4.81. The number of carbonyl (C=O) groups excluding carboxylic acids is 1. The van der Waals surface area contributed by atoms with E-state index in [4.69, 9.17) is 0 Å². The third-order valence-electron chi connectivity index (χ3n) is 3.45. The highest BCUT2D eigenvalue weighted by molar-refractivity contribution is 5.94. The van der Waals surface area contributed by atoms with E-state index in [1.165, 1.54) is 0 Å². The van der Waals surface area contributed by atoms with Crippen molar-refractivity contribution < 1.29 is 22.4 Å². The summed E-state index contributed by atoms with van der Waals surface area (Å²) in [4.78, 5) is 14.0. The van der Waals surface area contributed by atoms with E-state index >= 15 is 0 Å². The number of nitrogens with zero attached hydrogens (tertiary/aromatic N) is 1. The number of benzene rings is 1. The first kappa shape index (κ1) is 15.8. The lowest BCUT2D eigenvalue weighted by molar-refractivity contribution is -0.140. The Morgan fingerprint density at radius 2 is 1.90 bits per heavy atom. The van der Waals surface area contributed by atoms with Gasteiger partial charge in [0.2, 0.25) is 0 Å². The molecule has 1 aromatic carbocycles. The first-order chi connectivity index (χ1) is 9.88. The molecule has 7 heteroatoms. The molecule has 1 saturated heterocycles. The summed E-state index contributed by atoms with van der Waals surface area (Å²) in [7, 11) is 0. The average Bonchev–Trinajstić information content (AvgIpc) is 2.91. The van der Waals surface area contributed by atoms with Crippen molar-refractivity contribution in [3.8, 4) is 0 Å². The molecule has 116 valence electrons. The van der Waals surface area contributed by atoms with Crippen LogP contribution in [0, 0.1) is 5.82 Å². The first-order valence-electron chi connectivity index (χ1n) is 6.75. The second kappa shape index (κ2) is 6.43. The predicted molar refractivity (Wildman–Crippen MR) is 69.4 cm³/mol. The van der Waals surface area contributed by atoms with Crippen molar-refractivity contribution in [2.24, 2.45) is 0 Å². The molecule has 3 nitrogen and oxygen atoms in total. The molecule has 1 aliphatic rings. The Balaban J connectivity index is 1.95. The van der Waals surface area contributed by atoms with Crippen molar-refractivity contribution in [3.63, 3.8) is 0 Å². The zero-order chi connectivity index (χ0) is 15.5. The van der Waals surface area contributed by atoms with Crippen LogP contribution in [0.5, 0.6) is 0 Å². The van der Waals surface area contributed by atoms with E-state index in [9.17, 15) is 22.4 Å². The molecule has 1 heterocycles. The molecule has 21 heavy (non-hydrogen) atoms. The fraction of sp³-hybridized carbons (Fsp3) is 0.500. The third kappa shape index (κ3) is 4.17. The Morgan fingerprint density at radius 1 is 1.24 bits per heavy atom. The number of alkyl halides is 3. The molecule has 1 aliphatic heterocycles. The highest BCUT2D eigenvalue weighted by Gasteiger charge is 2.34. The Morgan fingerprint density at radius 3 is 2.52 bits per heavy atom. The normalized spacial score (nSPS) is 16.2. The monoisotopic (exact) mass is 304 g/mol. The van der Waals surface area contributed by atoms with Crippen LogP contribution in [-0.4, -0.2) is 37.0 Å². The number of halogens is 4. The van der Waals surface area contributed by atoms with Gasteiger partial charge in [-0.1, -0.05) is 0 Å². The topological polar surface area (TPSA) is 32.3 Å². The Kier molecular flexibility index (Phi) is 4.82. The summed E-state index contributed by atoms with van der Waals surface area (Å²) < 4.78 is 50.8. The van der Waals surface area contributed by atoms with Crippen LogP contribution in [-0.2, 0) is 6.18 Å².